The molecule has 2 rings (SSSR count). The first-order chi connectivity index (χ1) is 21.9. The van der Waals surface area contributed by atoms with Gasteiger partial charge in [-0.05, 0) is 19.1 Å². The van der Waals surface area contributed by atoms with Gasteiger partial charge in [0.1, 0.15) is 12.8 Å². The van der Waals surface area contributed by atoms with Gasteiger partial charge in [0.25, 0.3) is 0 Å². The average Bonchev–Trinajstić information content (AvgIpc) is 3.03. The van der Waals surface area contributed by atoms with E-state index < -0.39 is 48.7 Å². The summed E-state index contributed by atoms with van der Waals surface area (Å²) in [4.78, 5) is 77.7. The predicted molar refractivity (Wildman–Crippen MR) is 194 cm³/mol. The average molecular weight is 695 g/mol. The lowest BCUT2D eigenvalue weighted by Crippen LogP contribution is -2.19. The summed E-state index contributed by atoms with van der Waals surface area (Å²) in [7, 11) is 4.60. The van der Waals surface area contributed by atoms with Crippen LogP contribution in [0.5, 0.6) is 0 Å². The van der Waals surface area contributed by atoms with Crippen LogP contribution >= 0.6 is 0 Å². The van der Waals surface area contributed by atoms with Crippen LogP contribution in [-0.2, 0) is 42.9 Å². The van der Waals surface area contributed by atoms with E-state index in [9.17, 15) is 33.6 Å². The van der Waals surface area contributed by atoms with Crippen molar-refractivity contribution < 1.29 is 52.5 Å². The lowest BCUT2D eigenvalue weighted by molar-refractivity contribution is -0.145. The maximum absolute atomic E-state index is 11.6. The number of esters is 4. The monoisotopic (exact) mass is 694 g/mol. The van der Waals surface area contributed by atoms with Gasteiger partial charge in [0, 0.05) is 33.1 Å². The van der Waals surface area contributed by atoms with Gasteiger partial charge in [-0.2, -0.15) is 0 Å². The number of carbonyl (C=O) groups is 7. The highest BCUT2D eigenvalue weighted by molar-refractivity contribution is 6.10. The zero-order valence-corrected chi connectivity index (χ0v) is 28.4. The molecule has 0 amide bonds. The summed E-state index contributed by atoms with van der Waals surface area (Å²) in [5.74, 6) is -4.08. The molecule has 2 aromatic carbocycles. The molecule has 0 saturated heterocycles. The molecule has 0 N–H and O–H groups in total. The van der Waals surface area contributed by atoms with Crippen LogP contribution in [0.2, 0.25) is 0 Å². The SMILES string of the molecule is C.C.C.CCC(=O)c1ccccc1.CCCCC.CCOC(=O)CC(=O)CC(=O)CC(=O)OC(=O)c1ccccc1.COC.COC(C)=O. The lowest BCUT2D eigenvalue weighted by atomic mass is 10.1. The van der Waals surface area contributed by atoms with E-state index >= 15 is 0 Å². The van der Waals surface area contributed by atoms with Crippen molar-refractivity contribution in [2.75, 3.05) is 27.9 Å². The number of hydrogen-bond acceptors (Lipinski definition) is 11. The third-order valence-electron chi connectivity index (χ3n) is 5.01. The molecule has 0 radical (unpaired) electrons. The fourth-order valence-electron chi connectivity index (χ4n) is 2.83. The van der Waals surface area contributed by atoms with Gasteiger partial charge < -0.3 is 18.9 Å². The summed E-state index contributed by atoms with van der Waals surface area (Å²) >= 11 is 0. The fraction of sp³-hybridized carbons (Fsp3) is 0.500. The zero-order chi connectivity index (χ0) is 35.8. The van der Waals surface area contributed by atoms with Crippen molar-refractivity contribution in [2.24, 2.45) is 0 Å². The van der Waals surface area contributed by atoms with Crippen molar-refractivity contribution in [1.82, 2.24) is 0 Å². The number of rotatable bonds is 12. The second-order valence-corrected chi connectivity index (χ2v) is 9.14. The van der Waals surface area contributed by atoms with Gasteiger partial charge in [0.2, 0.25) is 0 Å². The molecule has 0 bridgehead atoms. The zero-order valence-electron chi connectivity index (χ0n) is 28.4. The summed E-state index contributed by atoms with van der Waals surface area (Å²) in [5.41, 5.74) is 0.983. The van der Waals surface area contributed by atoms with Crippen molar-refractivity contribution in [3.8, 4) is 0 Å². The molecule has 11 heteroatoms. The highest BCUT2D eigenvalue weighted by Gasteiger charge is 2.20. The summed E-state index contributed by atoms with van der Waals surface area (Å²) in [6.07, 6.45) is 2.83. The number of hydrogen-bond donors (Lipinski definition) is 0. The Labute approximate surface area is 295 Å². The first kappa shape index (κ1) is 56.8. The number of benzene rings is 2. The minimum atomic E-state index is -1.05. The molecule has 0 aliphatic carbocycles. The molecule has 11 nitrogen and oxygen atoms in total. The van der Waals surface area contributed by atoms with Crippen LogP contribution < -0.4 is 0 Å². The summed E-state index contributed by atoms with van der Waals surface area (Å²) in [5, 5.41) is 0. The number of methoxy groups -OCH3 is 2. The topological polar surface area (TPSA) is 156 Å². The summed E-state index contributed by atoms with van der Waals surface area (Å²) in [6, 6.07) is 17.1. The van der Waals surface area contributed by atoms with E-state index in [4.69, 9.17) is 0 Å². The minimum absolute atomic E-state index is 0. The Bertz CT molecular complexity index is 1140. The van der Waals surface area contributed by atoms with E-state index in [1.165, 1.54) is 45.4 Å². The molecule has 0 heterocycles. The van der Waals surface area contributed by atoms with Gasteiger partial charge in [0.15, 0.2) is 17.3 Å². The van der Waals surface area contributed by atoms with E-state index in [0.29, 0.717) is 6.42 Å². The second-order valence-electron chi connectivity index (χ2n) is 9.14. The van der Waals surface area contributed by atoms with Crippen LogP contribution in [0.3, 0.4) is 0 Å². The maximum atomic E-state index is 11.6. The van der Waals surface area contributed by atoms with Crippen molar-refractivity contribution in [1.29, 1.82) is 0 Å². The van der Waals surface area contributed by atoms with Crippen molar-refractivity contribution >= 4 is 41.2 Å². The number of carbonyl (C=O) groups excluding carboxylic acids is 7. The van der Waals surface area contributed by atoms with Gasteiger partial charge in [-0.3, -0.25) is 28.8 Å². The molecule has 2 aromatic rings. The fourth-order valence-corrected chi connectivity index (χ4v) is 2.83. The smallest absolute Gasteiger partial charge is 0.345 e. The van der Waals surface area contributed by atoms with E-state index in [1.807, 2.05) is 37.3 Å². The molecule has 0 saturated carbocycles. The van der Waals surface area contributed by atoms with Gasteiger partial charge in [0.05, 0.1) is 25.7 Å². The summed E-state index contributed by atoms with van der Waals surface area (Å²) < 4.78 is 17.4. The first-order valence-electron chi connectivity index (χ1n) is 14.9. The molecular weight excluding hydrogens is 632 g/mol. The summed E-state index contributed by atoms with van der Waals surface area (Å²) in [6.45, 7) is 9.38. The van der Waals surface area contributed by atoms with Crippen LogP contribution in [0, 0.1) is 0 Å². The van der Waals surface area contributed by atoms with Crippen LogP contribution in [0.4, 0.5) is 0 Å². The molecule has 0 aliphatic heterocycles. The largest absolute Gasteiger partial charge is 0.469 e. The predicted octanol–water partition coefficient (Wildman–Crippen LogP) is 8.07. The van der Waals surface area contributed by atoms with Crippen molar-refractivity contribution in [2.45, 2.75) is 102 Å². The van der Waals surface area contributed by atoms with Crippen LogP contribution in [-0.4, -0.2) is 69.2 Å². The van der Waals surface area contributed by atoms with Crippen LogP contribution in [0.25, 0.3) is 0 Å². The normalized spacial score (nSPS) is 8.41. The van der Waals surface area contributed by atoms with E-state index in [2.05, 4.69) is 32.8 Å². The molecular formula is C38H62O11. The molecule has 0 spiro atoms. The Morgan fingerprint density at radius 2 is 0.980 bits per heavy atom. The number of ketones is 3. The molecule has 0 unspecified atom stereocenters. The van der Waals surface area contributed by atoms with E-state index in [1.54, 1.807) is 39.3 Å². The number of Topliss-reactive ketones (excluding diaryl/α,β-unsaturated/α-hetero) is 3. The van der Waals surface area contributed by atoms with Gasteiger partial charge in [-0.15, -0.1) is 0 Å². The van der Waals surface area contributed by atoms with E-state index in [0.717, 1.165) is 5.56 Å². The quantitative estimate of drug-likeness (QED) is 0.0916. The maximum Gasteiger partial charge on any atom is 0.345 e. The molecule has 0 fully saturated rings. The van der Waals surface area contributed by atoms with Crippen molar-refractivity contribution in [3.05, 3.63) is 71.8 Å². The van der Waals surface area contributed by atoms with Crippen LogP contribution in [0.1, 0.15) is 123 Å². The first-order valence-corrected chi connectivity index (χ1v) is 14.9. The molecule has 0 atom stereocenters. The van der Waals surface area contributed by atoms with Crippen LogP contribution in [0.15, 0.2) is 60.7 Å². The van der Waals surface area contributed by atoms with Gasteiger partial charge in [-0.25, -0.2) is 4.79 Å². The van der Waals surface area contributed by atoms with Gasteiger partial charge in [-0.1, -0.05) is 111 Å². The third kappa shape index (κ3) is 37.8. The molecule has 49 heavy (non-hydrogen) atoms. The third-order valence-corrected chi connectivity index (χ3v) is 5.01. The second kappa shape index (κ2) is 39.7. The number of ether oxygens (including phenoxy) is 4. The van der Waals surface area contributed by atoms with Crippen molar-refractivity contribution in [3.63, 3.8) is 0 Å². The molecule has 0 aliphatic rings. The minimum Gasteiger partial charge on any atom is -0.469 e. The Kier molecular flexibility index (Phi) is 46.0. The highest BCUT2D eigenvalue weighted by Crippen LogP contribution is 2.04. The standard InChI is InChI=1S/C16H16O7.C9H10O.C5H12.C3H6O2.C2H6O.3CH4/c1-2-22-14(19)9-12(17)8-13(18)10-15(20)23-16(21)11-6-4-3-5-7-11;1-2-9(10)8-6-4-3-5-7-8;1-3-5-4-2;1-3(4)5-2;1-3-2;;;/h3-7H,2,8-10H2,1H3;3-7H,2H2,1H3;3-5H2,1-2H3;1-2H3;1-2H3;3*1H4. The highest BCUT2D eigenvalue weighted by atomic mass is 16.6. The Hall–Kier alpha value is -4.51. The Morgan fingerprint density at radius 1 is 0.592 bits per heavy atom. The number of unbranched alkanes of at least 4 members (excludes halogenated alkanes) is 2. The Balaban J connectivity index is -0.000000147. The lowest BCUT2D eigenvalue weighted by Gasteiger charge is -2.03. The molecule has 0 aromatic heterocycles. The van der Waals surface area contributed by atoms with E-state index in [-0.39, 0.29) is 46.2 Å². The van der Waals surface area contributed by atoms with Gasteiger partial charge >= 0.3 is 23.9 Å². The molecule has 280 valence electrons. The Morgan fingerprint density at radius 3 is 1.31 bits per heavy atom.